The van der Waals surface area contributed by atoms with Gasteiger partial charge in [0.15, 0.2) is 0 Å². The predicted octanol–water partition coefficient (Wildman–Crippen LogP) is 14.4. The summed E-state index contributed by atoms with van der Waals surface area (Å²) < 4.78 is 84.6. The van der Waals surface area contributed by atoms with Crippen molar-refractivity contribution < 1.29 is 31.1 Å². The monoisotopic (exact) mass is 858 g/mol. The van der Waals surface area contributed by atoms with Gasteiger partial charge in [0.25, 0.3) is 0 Å². The Bertz CT molecular complexity index is 1100. The molecule has 0 spiro atoms. The third-order valence-electron chi connectivity index (χ3n) is 6.07. The number of alkyl halides is 8. The van der Waals surface area contributed by atoms with E-state index in [9.17, 15) is 26.3 Å². The standard InChI is InChI=1S/C28H30Br2Cl4F6OS2/c29-11-7-3-1-5-9-17-23(31)19(13-21(25(17)33)42-15-27(35,36)37)41-20-14-22(43-16-28(38,39)40)26(34)18(24(20)32)10-6-2-4-8-12-30/h13-14H,1-12,15-16H2. The summed E-state index contributed by atoms with van der Waals surface area (Å²) in [4.78, 5) is 0.246. The average Bonchev–Trinajstić information content (AvgIpc) is 2.92. The number of hydrogen-bond acceptors (Lipinski definition) is 3. The number of thioether (sulfide) groups is 2. The van der Waals surface area contributed by atoms with E-state index in [0.29, 0.717) is 60.3 Å². The first-order valence-corrected chi connectivity index (χ1v) is 19.1. The summed E-state index contributed by atoms with van der Waals surface area (Å²) in [5, 5.41) is 2.15. The highest BCUT2D eigenvalue weighted by molar-refractivity contribution is 9.09. The van der Waals surface area contributed by atoms with Gasteiger partial charge in [-0.05, 0) is 61.8 Å². The fourth-order valence-electron chi connectivity index (χ4n) is 4.01. The molecule has 2 rings (SSSR count). The van der Waals surface area contributed by atoms with E-state index in [1.165, 1.54) is 12.1 Å². The Morgan fingerprint density at radius 3 is 1.23 bits per heavy atom. The van der Waals surface area contributed by atoms with Crippen LogP contribution in [-0.2, 0) is 12.8 Å². The Morgan fingerprint density at radius 2 is 0.907 bits per heavy atom. The maximum atomic E-state index is 13.1. The van der Waals surface area contributed by atoms with E-state index in [1.807, 2.05) is 0 Å². The van der Waals surface area contributed by atoms with Crippen LogP contribution in [0.2, 0.25) is 20.1 Å². The van der Waals surface area contributed by atoms with Crippen LogP contribution in [0.5, 0.6) is 11.5 Å². The molecule has 43 heavy (non-hydrogen) atoms. The molecule has 0 aliphatic rings. The van der Waals surface area contributed by atoms with Crippen molar-refractivity contribution in [2.75, 3.05) is 22.2 Å². The maximum absolute atomic E-state index is 13.1. The fraction of sp³-hybridized carbons (Fsp3) is 0.571. The van der Waals surface area contributed by atoms with Gasteiger partial charge in [0, 0.05) is 20.5 Å². The predicted molar refractivity (Wildman–Crippen MR) is 178 cm³/mol. The molecule has 2 aromatic rings. The molecule has 0 heterocycles. The molecule has 0 aromatic heterocycles. The lowest BCUT2D eigenvalue weighted by Gasteiger charge is -2.20. The zero-order valence-corrected chi connectivity index (χ0v) is 30.6. The van der Waals surface area contributed by atoms with Crippen molar-refractivity contribution in [1.82, 2.24) is 0 Å². The van der Waals surface area contributed by atoms with E-state index in [1.54, 1.807) is 0 Å². The van der Waals surface area contributed by atoms with Gasteiger partial charge in [-0.25, -0.2) is 0 Å². The largest absolute Gasteiger partial charge is 0.454 e. The lowest BCUT2D eigenvalue weighted by molar-refractivity contribution is -0.106. The molecule has 0 fully saturated rings. The van der Waals surface area contributed by atoms with Crippen molar-refractivity contribution in [1.29, 1.82) is 0 Å². The molecule has 0 aliphatic heterocycles. The molecular formula is C28H30Br2Cl4F6OS2. The summed E-state index contributed by atoms with van der Waals surface area (Å²) in [6.07, 6.45) is -1.15. The molecule has 0 unspecified atom stereocenters. The highest BCUT2D eigenvalue weighted by Crippen LogP contribution is 2.48. The SMILES string of the molecule is FC(F)(F)CSc1cc(Oc2cc(SCC(F)(F)F)c(Cl)c(CCCCCCBr)c2Cl)c(Cl)c(CCCCCCBr)c1Cl. The van der Waals surface area contributed by atoms with Crippen LogP contribution < -0.4 is 4.74 Å². The first-order chi connectivity index (χ1) is 20.2. The summed E-state index contributed by atoms with van der Waals surface area (Å²) in [5.74, 6) is -2.36. The van der Waals surface area contributed by atoms with Crippen LogP contribution in [0, 0.1) is 0 Å². The summed E-state index contributed by atoms with van der Waals surface area (Å²) in [6.45, 7) is 0. The lowest BCUT2D eigenvalue weighted by atomic mass is 10.0. The number of rotatable bonds is 18. The van der Waals surface area contributed by atoms with Crippen LogP contribution in [0.1, 0.15) is 62.5 Å². The van der Waals surface area contributed by atoms with Gasteiger partial charge in [0.2, 0.25) is 0 Å². The first-order valence-electron chi connectivity index (χ1n) is 13.4. The summed E-state index contributed by atoms with van der Waals surface area (Å²) in [5.41, 5.74) is 0.876. The average molecular weight is 862 g/mol. The van der Waals surface area contributed by atoms with Crippen molar-refractivity contribution in [2.45, 2.75) is 86.4 Å². The minimum Gasteiger partial charge on any atom is -0.454 e. The molecule has 15 heteroatoms. The second-order valence-electron chi connectivity index (χ2n) is 9.57. The van der Waals surface area contributed by atoms with Gasteiger partial charge >= 0.3 is 12.4 Å². The molecule has 0 radical (unpaired) electrons. The number of ether oxygens (including phenoxy) is 1. The molecule has 0 aliphatic carbocycles. The van der Waals surface area contributed by atoms with Crippen LogP contribution in [0.15, 0.2) is 21.9 Å². The molecule has 0 N–H and O–H groups in total. The van der Waals surface area contributed by atoms with Crippen LogP contribution in [-0.4, -0.2) is 34.5 Å². The quantitative estimate of drug-likeness (QED) is 0.0640. The van der Waals surface area contributed by atoms with E-state index < -0.39 is 23.9 Å². The van der Waals surface area contributed by atoms with Crippen LogP contribution in [0.4, 0.5) is 26.3 Å². The zero-order chi connectivity index (χ0) is 32.2. The Hall–Kier alpha value is 0.640. The molecule has 0 atom stereocenters. The topological polar surface area (TPSA) is 9.23 Å². The Balaban J connectivity index is 2.53. The normalized spacial score (nSPS) is 12.3. The van der Waals surface area contributed by atoms with Crippen LogP contribution >= 0.6 is 102 Å². The van der Waals surface area contributed by atoms with E-state index >= 15 is 0 Å². The molecule has 0 saturated heterocycles. The van der Waals surface area contributed by atoms with Crippen LogP contribution in [0.25, 0.3) is 0 Å². The van der Waals surface area contributed by atoms with Crippen molar-refractivity contribution >= 4 is 102 Å². The minimum atomic E-state index is -4.45. The number of unbranched alkanes of at least 4 members (excludes halogenated alkanes) is 6. The van der Waals surface area contributed by atoms with Gasteiger partial charge < -0.3 is 4.74 Å². The zero-order valence-electron chi connectivity index (χ0n) is 22.8. The van der Waals surface area contributed by atoms with Gasteiger partial charge in [-0.3, -0.25) is 0 Å². The Labute approximate surface area is 294 Å². The summed E-state index contributed by atoms with van der Waals surface area (Å²) >= 11 is 34.3. The highest BCUT2D eigenvalue weighted by atomic mass is 79.9. The summed E-state index contributed by atoms with van der Waals surface area (Å²) in [6, 6.07) is 2.62. The molecule has 0 amide bonds. The third-order valence-corrected chi connectivity index (χ3v) is 11.3. The minimum absolute atomic E-state index is 0.00506. The molecule has 0 saturated carbocycles. The van der Waals surface area contributed by atoms with E-state index in [2.05, 4.69) is 31.9 Å². The van der Waals surface area contributed by atoms with Crippen molar-refractivity contribution in [3.63, 3.8) is 0 Å². The van der Waals surface area contributed by atoms with Crippen molar-refractivity contribution in [3.05, 3.63) is 43.4 Å². The molecule has 0 bridgehead atoms. The smallest absolute Gasteiger partial charge is 0.398 e. The van der Waals surface area contributed by atoms with Gasteiger partial charge in [0.1, 0.15) is 11.5 Å². The van der Waals surface area contributed by atoms with E-state index in [0.717, 1.165) is 49.2 Å². The van der Waals surface area contributed by atoms with Crippen LogP contribution in [0.3, 0.4) is 0 Å². The van der Waals surface area contributed by atoms with Gasteiger partial charge in [0.05, 0.1) is 31.6 Å². The van der Waals surface area contributed by atoms with Gasteiger partial charge in [-0.1, -0.05) is 104 Å². The molecule has 244 valence electrons. The number of hydrogen-bond donors (Lipinski definition) is 0. The third kappa shape index (κ3) is 14.1. The summed E-state index contributed by atoms with van der Waals surface area (Å²) in [7, 11) is 0. The van der Waals surface area contributed by atoms with Crippen molar-refractivity contribution in [2.24, 2.45) is 0 Å². The Kier molecular flexibility index (Phi) is 18.0. The lowest BCUT2D eigenvalue weighted by Crippen LogP contribution is -2.11. The molecular weight excluding hydrogens is 832 g/mol. The van der Waals surface area contributed by atoms with Gasteiger partial charge in [-0.2, -0.15) is 26.3 Å². The Morgan fingerprint density at radius 1 is 0.558 bits per heavy atom. The second kappa shape index (κ2) is 19.5. The highest BCUT2D eigenvalue weighted by Gasteiger charge is 2.30. The fourth-order valence-corrected chi connectivity index (χ4v) is 7.80. The van der Waals surface area contributed by atoms with Gasteiger partial charge in [-0.15, -0.1) is 23.5 Å². The molecule has 2 aromatic carbocycles. The number of benzene rings is 2. The molecule has 1 nitrogen and oxygen atoms in total. The maximum Gasteiger partial charge on any atom is 0.398 e. The van der Waals surface area contributed by atoms with E-state index in [4.69, 9.17) is 51.1 Å². The number of halogens is 12. The van der Waals surface area contributed by atoms with E-state index in [-0.39, 0.29) is 41.4 Å². The first kappa shape index (κ1) is 39.8. The second-order valence-corrected chi connectivity index (χ2v) is 14.7. The van der Waals surface area contributed by atoms with Crippen molar-refractivity contribution in [3.8, 4) is 11.5 Å².